The zero-order valence-electron chi connectivity index (χ0n) is 12.9. The van der Waals surface area contributed by atoms with Crippen molar-refractivity contribution in [2.75, 3.05) is 26.3 Å². The van der Waals surface area contributed by atoms with E-state index in [1.165, 1.54) is 0 Å². The van der Waals surface area contributed by atoms with E-state index in [9.17, 15) is 4.79 Å². The summed E-state index contributed by atoms with van der Waals surface area (Å²) in [4.78, 5) is 11.8. The van der Waals surface area contributed by atoms with Gasteiger partial charge >= 0.3 is 0 Å². The van der Waals surface area contributed by atoms with Crippen LogP contribution < -0.4 is 10.6 Å². The van der Waals surface area contributed by atoms with E-state index in [1.807, 2.05) is 0 Å². The largest absolute Gasteiger partial charge is 0.381 e. The summed E-state index contributed by atoms with van der Waals surface area (Å²) in [5.41, 5.74) is 0. The molecule has 0 aromatic carbocycles. The molecule has 0 aromatic rings. The number of hydrogen-bond donors (Lipinski definition) is 2. The third-order valence-corrected chi connectivity index (χ3v) is 3.96. The average molecular weight is 270 g/mol. The molecule has 0 unspecified atom stereocenters. The highest BCUT2D eigenvalue weighted by Crippen LogP contribution is 2.19. The van der Waals surface area contributed by atoms with Gasteiger partial charge in [-0.3, -0.25) is 4.79 Å². The summed E-state index contributed by atoms with van der Waals surface area (Å²) >= 11 is 0. The number of rotatable bonds is 7. The van der Waals surface area contributed by atoms with Crippen molar-refractivity contribution in [3.05, 3.63) is 0 Å². The van der Waals surface area contributed by atoms with Gasteiger partial charge in [0.15, 0.2) is 0 Å². The number of carbonyl (C=O) groups is 1. The SMILES string of the molecule is CC(C)C(CNCC(=O)NC1CCOCC1)C(C)C. The standard InChI is InChI=1S/C15H30N2O2/c1-11(2)14(12(3)4)9-16-10-15(18)17-13-5-7-19-8-6-13/h11-14,16H,5-10H2,1-4H3,(H,17,18). The molecule has 1 fully saturated rings. The minimum Gasteiger partial charge on any atom is -0.381 e. The molecular weight excluding hydrogens is 240 g/mol. The molecule has 1 aliphatic heterocycles. The normalized spacial score (nSPS) is 17.4. The fraction of sp³-hybridized carbons (Fsp3) is 0.933. The summed E-state index contributed by atoms with van der Waals surface area (Å²) < 4.78 is 5.28. The molecule has 0 aromatic heterocycles. The molecule has 1 heterocycles. The highest BCUT2D eigenvalue weighted by atomic mass is 16.5. The van der Waals surface area contributed by atoms with E-state index in [0.29, 0.717) is 30.3 Å². The van der Waals surface area contributed by atoms with E-state index in [2.05, 4.69) is 38.3 Å². The van der Waals surface area contributed by atoms with E-state index in [4.69, 9.17) is 4.74 Å². The minimum atomic E-state index is 0.109. The van der Waals surface area contributed by atoms with E-state index >= 15 is 0 Å². The average Bonchev–Trinajstić information content (AvgIpc) is 2.34. The predicted molar refractivity (Wildman–Crippen MR) is 78.0 cm³/mol. The Kier molecular flexibility index (Phi) is 7.39. The molecule has 19 heavy (non-hydrogen) atoms. The van der Waals surface area contributed by atoms with Crippen LogP contribution in [0, 0.1) is 17.8 Å². The molecular formula is C15H30N2O2. The molecule has 0 atom stereocenters. The Morgan fingerprint density at radius 2 is 1.74 bits per heavy atom. The van der Waals surface area contributed by atoms with E-state index in [1.54, 1.807) is 0 Å². The summed E-state index contributed by atoms with van der Waals surface area (Å²) in [7, 11) is 0. The zero-order chi connectivity index (χ0) is 14.3. The topological polar surface area (TPSA) is 50.4 Å². The monoisotopic (exact) mass is 270 g/mol. The van der Waals surface area contributed by atoms with Gasteiger partial charge in [-0.25, -0.2) is 0 Å². The van der Waals surface area contributed by atoms with Gasteiger partial charge in [0.1, 0.15) is 0 Å². The molecule has 4 heteroatoms. The first-order valence-corrected chi connectivity index (χ1v) is 7.58. The molecule has 112 valence electrons. The highest BCUT2D eigenvalue weighted by Gasteiger charge is 2.18. The number of nitrogens with one attached hydrogen (secondary N) is 2. The van der Waals surface area contributed by atoms with Crippen molar-refractivity contribution in [1.82, 2.24) is 10.6 Å². The van der Waals surface area contributed by atoms with Gasteiger partial charge < -0.3 is 15.4 Å². The third kappa shape index (κ3) is 6.39. The van der Waals surface area contributed by atoms with Crippen LogP contribution in [0.25, 0.3) is 0 Å². The first-order valence-electron chi connectivity index (χ1n) is 7.58. The lowest BCUT2D eigenvalue weighted by Gasteiger charge is -2.26. The van der Waals surface area contributed by atoms with Gasteiger partial charge in [-0.05, 0) is 37.1 Å². The Hall–Kier alpha value is -0.610. The van der Waals surface area contributed by atoms with Crippen LogP contribution in [0.4, 0.5) is 0 Å². The molecule has 0 radical (unpaired) electrons. The maximum absolute atomic E-state index is 11.8. The van der Waals surface area contributed by atoms with Crippen LogP contribution in [-0.2, 0) is 9.53 Å². The lowest BCUT2D eigenvalue weighted by atomic mass is 9.85. The van der Waals surface area contributed by atoms with E-state index in [0.717, 1.165) is 32.6 Å². The van der Waals surface area contributed by atoms with Gasteiger partial charge in [-0.15, -0.1) is 0 Å². The first kappa shape index (κ1) is 16.4. The lowest BCUT2D eigenvalue weighted by Crippen LogP contribution is -2.44. The Morgan fingerprint density at radius 3 is 2.26 bits per heavy atom. The van der Waals surface area contributed by atoms with Gasteiger partial charge in [-0.1, -0.05) is 27.7 Å². The number of ether oxygens (including phenoxy) is 1. The van der Waals surface area contributed by atoms with Crippen LogP contribution in [0.5, 0.6) is 0 Å². The second kappa shape index (κ2) is 8.54. The number of hydrogen-bond acceptors (Lipinski definition) is 3. The fourth-order valence-corrected chi connectivity index (χ4v) is 2.71. The summed E-state index contributed by atoms with van der Waals surface area (Å²) in [5, 5.41) is 6.36. The highest BCUT2D eigenvalue weighted by molar-refractivity contribution is 5.78. The van der Waals surface area contributed by atoms with Crippen LogP contribution in [0.1, 0.15) is 40.5 Å². The number of amides is 1. The molecule has 0 aliphatic carbocycles. The van der Waals surface area contributed by atoms with E-state index in [-0.39, 0.29) is 5.91 Å². The molecule has 4 nitrogen and oxygen atoms in total. The fourth-order valence-electron chi connectivity index (χ4n) is 2.71. The van der Waals surface area contributed by atoms with Gasteiger partial charge in [0, 0.05) is 19.3 Å². The van der Waals surface area contributed by atoms with Gasteiger partial charge in [-0.2, -0.15) is 0 Å². The first-order chi connectivity index (χ1) is 9.00. The molecule has 2 N–H and O–H groups in total. The molecule has 1 saturated heterocycles. The Bertz CT molecular complexity index is 253. The lowest BCUT2D eigenvalue weighted by molar-refractivity contribution is -0.121. The minimum absolute atomic E-state index is 0.109. The maximum atomic E-state index is 11.8. The van der Waals surface area contributed by atoms with Crippen molar-refractivity contribution < 1.29 is 9.53 Å². The van der Waals surface area contributed by atoms with Crippen molar-refractivity contribution in [3.8, 4) is 0 Å². The quantitative estimate of drug-likeness (QED) is 0.741. The van der Waals surface area contributed by atoms with Crippen LogP contribution in [0.3, 0.4) is 0 Å². The predicted octanol–water partition coefficient (Wildman–Crippen LogP) is 1.80. The van der Waals surface area contributed by atoms with Crippen LogP contribution >= 0.6 is 0 Å². The van der Waals surface area contributed by atoms with Crippen molar-refractivity contribution in [1.29, 1.82) is 0 Å². The molecule has 0 spiro atoms. The second-order valence-corrected chi connectivity index (χ2v) is 6.24. The van der Waals surface area contributed by atoms with Crippen LogP contribution in [0.2, 0.25) is 0 Å². The molecule has 1 rings (SSSR count). The molecule has 1 amide bonds. The van der Waals surface area contributed by atoms with Gasteiger partial charge in [0.2, 0.25) is 5.91 Å². The summed E-state index contributed by atoms with van der Waals surface area (Å²) in [5.74, 6) is 2.02. The Labute approximate surface area is 117 Å². The van der Waals surface area contributed by atoms with Crippen molar-refractivity contribution >= 4 is 5.91 Å². The third-order valence-electron chi connectivity index (χ3n) is 3.96. The van der Waals surface area contributed by atoms with Crippen molar-refractivity contribution in [3.63, 3.8) is 0 Å². The van der Waals surface area contributed by atoms with Gasteiger partial charge in [0.25, 0.3) is 0 Å². The second-order valence-electron chi connectivity index (χ2n) is 6.24. The summed E-state index contributed by atoms with van der Waals surface area (Å²) in [6.07, 6.45) is 1.87. The van der Waals surface area contributed by atoms with Crippen molar-refractivity contribution in [2.45, 2.75) is 46.6 Å². The van der Waals surface area contributed by atoms with Gasteiger partial charge in [0.05, 0.1) is 6.54 Å². The Balaban J connectivity index is 2.18. The molecule has 1 aliphatic rings. The van der Waals surface area contributed by atoms with Crippen LogP contribution in [0.15, 0.2) is 0 Å². The van der Waals surface area contributed by atoms with E-state index < -0.39 is 0 Å². The molecule has 0 saturated carbocycles. The Morgan fingerprint density at radius 1 is 1.16 bits per heavy atom. The number of carbonyl (C=O) groups excluding carboxylic acids is 1. The summed E-state index contributed by atoms with van der Waals surface area (Å²) in [6.45, 7) is 11.8. The van der Waals surface area contributed by atoms with Crippen LogP contribution in [-0.4, -0.2) is 38.3 Å². The summed E-state index contributed by atoms with van der Waals surface area (Å²) in [6, 6.07) is 0.300. The smallest absolute Gasteiger partial charge is 0.234 e. The van der Waals surface area contributed by atoms with Crippen molar-refractivity contribution in [2.24, 2.45) is 17.8 Å². The molecule has 0 bridgehead atoms. The maximum Gasteiger partial charge on any atom is 0.234 e. The zero-order valence-corrected chi connectivity index (χ0v) is 12.9.